The predicted molar refractivity (Wildman–Crippen MR) is 206 cm³/mol. The van der Waals surface area contributed by atoms with Crippen LogP contribution in [-0.2, 0) is 11.0 Å². The van der Waals surface area contributed by atoms with Crippen molar-refractivity contribution < 1.29 is 4.74 Å². The van der Waals surface area contributed by atoms with Crippen molar-refractivity contribution in [2.45, 2.75) is 84.2 Å². The number of fused-ring (bicyclic) bond motifs is 10. The van der Waals surface area contributed by atoms with E-state index in [2.05, 4.69) is 149 Å². The average molecular weight is 644 g/mol. The molecule has 2 nitrogen and oxygen atoms in total. The van der Waals surface area contributed by atoms with Crippen molar-refractivity contribution in [2.24, 2.45) is 10.8 Å². The van der Waals surface area contributed by atoms with Gasteiger partial charge >= 0.3 is 0 Å². The van der Waals surface area contributed by atoms with Crippen LogP contribution in [-0.4, -0.2) is 13.1 Å². The van der Waals surface area contributed by atoms with Gasteiger partial charge in [-0.1, -0.05) is 124 Å². The predicted octanol–water partition coefficient (Wildman–Crippen LogP) is 12.0. The number of ether oxygens (including phenoxy) is 1. The van der Waals surface area contributed by atoms with Crippen molar-refractivity contribution in [1.29, 1.82) is 0 Å². The molecule has 5 aromatic carbocycles. The van der Waals surface area contributed by atoms with E-state index in [1.54, 1.807) is 0 Å². The summed E-state index contributed by atoms with van der Waals surface area (Å²) >= 11 is 0. The van der Waals surface area contributed by atoms with Crippen LogP contribution in [0.3, 0.4) is 0 Å². The number of nitrogens with zero attached hydrogens (tertiary/aromatic N) is 1. The fourth-order valence-electron chi connectivity index (χ4n) is 11.0. The molecule has 1 unspecified atom stereocenters. The molecule has 1 atom stereocenters. The maximum Gasteiger partial charge on any atom is 0.178 e. The number of piperidine rings is 1. The lowest BCUT2D eigenvalue weighted by Crippen LogP contribution is -2.44. The molecular formula is C47H49NO. The zero-order valence-corrected chi connectivity index (χ0v) is 29.9. The van der Waals surface area contributed by atoms with Gasteiger partial charge in [0.05, 0.1) is 0 Å². The fourth-order valence-corrected chi connectivity index (χ4v) is 11.0. The largest absolute Gasteiger partial charge is 0.472 e. The van der Waals surface area contributed by atoms with E-state index in [4.69, 9.17) is 4.74 Å². The minimum atomic E-state index is -0.746. The minimum Gasteiger partial charge on any atom is -0.472 e. The van der Waals surface area contributed by atoms with Gasteiger partial charge < -0.3 is 9.64 Å². The highest BCUT2D eigenvalue weighted by molar-refractivity contribution is 6.09. The van der Waals surface area contributed by atoms with Crippen molar-refractivity contribution in [3.05, 3.63) is 137 Å². The lowest BCUT2D eigenvalue weighted by Gasteiger charge is -2.52. The first-order valence-corrected chi connectivity index (χ1v) is 18.6. The molecule has 0 amide bonds. The summed E-state index contributed by atoms with van der Waals surface area (Å²) in [7, 11) is 0. The average Bonchev–Trinajstić information content (AvgIpc) is 3.36. The van der Waals surface area contributed by atoms with Crippen LogP contribution >= 0.6 is 0 Å². The second-order valence-corrected chi connectivity index (χ2v) is 17.2. The van der Waals surface area contributed by atoms with Crippen LogP contribution in [0.1, 0.15) is 99.6 Å². The van der Waals surface area contributed by atoms with E-state index < -0.39 is 5.60 Å². The number of anilines is 1. The molecule has 1 spiro atoms. The Morgan fingerprint density at radius 1 is 0.653 bits per heavy atom. The summed E-state index contributed by atoms with van der Waals surface area (Å²) in [6.07, 6.45) is 12.2. The molecule has 0 bridgehead atoms. The Morgan fingerprint density at radius 3 is 2.06 bits per heavy atom. The maximum atomic E-state index is 7.69. The molecule has 0 radical (unpaired) electrons. The monoisotopic (exact) mass is 643 g/mol. The van der Waals surface area contributed by atoms with Crippen molar-refractivity contribution >= 4 is 22.5 Å². The summed E-state index contributed by atoms with van der Waals surface area (Å²) in [6.45, 7) is 14.5. The van der Waals surface area contributed by atoms with Crippen molar-refractivity contribution in [3.8, 4) is 16.9 Å². The van der Waals surface area contributed by atoms with E-state index in [1.165, 1.54) is 81.1 Å². The molecule has 2 aliphatic carbocycles. The van der Waals surface area contributed by atoms with Crippen LogP contribution in [0.4, 0.5) is 5.69 Å². The molecule has 0 aromatic heterocycles. The minimum absolute atomic E-state index is 0.0876. The molecule has 9 rings (SSSR count). The number of hydrogen-bond acceptors (Lipinski definition) is 2. The summed E-state index contributed by atoms with van der Waals surface area (Å²) < 4.78 is 7.69. The smallest absolute Gasteiger partial charge is 0.178 e. The van der Waals surface area contributed by atoms with E-state index in [0.29, 0.717) is 0 Å². The first kappa shape index (κ1) is 30.7. The normalized spacial score (nSPS) is 22.8. The highest BCUT2D eigenvalue weighted by Crippen LogP contribution is 2.66. The van der Waals surface area contributed by atoms with Gasteiger partial charge in [0.2, 0.25) is 0 Å². The zero-order valence-electron chi connectivity index (χ0n) is 29.9. The lowest BCUT2D eigenvalue weighted by atomic mass is 9.52. The first-order chi connectivity index (χ1) is 23.6. The summed E-state index contributed by atoms with van der Waals surface area (Å²) in [5.41, 5.74) is 11.6. The summed E-state index contributed by atoms with van der Waals surface area (Å²) in [5.74, 6) is 1.02. The van der Waals surface area contributed by atoms with Crippen LogP contribution in [0.5, 0.6) is 5.75 Å². The standard InChI is InChI=1S/C47H49NO/c1-32-18-23-36-39(28-32)41-37-16-10-11-17-40(37)46(30-44(2,3)29-45(4,5)31-46)42(41)38-24-25-47(49-43(36)38,33-14-8-6-9-15-33)34-19-21-35(22-20-34)48-26-12-7-13-27-48/h6,8-11,14-25,28H,7,12-13,26-27,29-31H2,1-5H3. The van der Waals surface area contributed by atoms with Gasteiger partial charge in [0, 0.05) is 46.3 Å². The van der Waals surface area contributed by atoms with Gasteiger partial charge in [0.1, 0.15) is 5.75 Å². The van der Waals surface area contributed by atoms with Crippen LogP contribution < -0.4 is 9.64 Å². The first-order valence-electron chi connectivity index (χ1n) is 18.6. The van der Waals surface area contributed by atoms with Crippen LogP contribution in [0.15, 0.2) is 103 Å². The van der Waals surface area contributed by atoms with Gasteiger partial charge in [-0.05, 0) is 102 Å². The number of aryl methyl sites for hydroxylation is 1. The molecule has 2 fully saturated rings. The Hall–Kier alpha value is -4.30. The highest BCUT2D eigenvalue weighted by Gasteiger charge is 2.55. The van der Waals surface area contributed by atoms with Gasteiger partial charge in [-0.15, -0.1) is 0 Å². The van der Waals surface area contributed by atoms with Crippen molar-refractivity contribution in [1.82, 2.24) is 0 Å². The molecule has 49 heavy (non-hydrogen) atoms. The van der Waals surface area contributed by atoms with Crippen molar-refractivity contribution in [3.63, 3.8) is 0 Å². The van der Waals surface area contributed by atoms with E-state index in [9.17, 15) is 0 Å². The fraction of sp³-hybridized carbons (Fsp3) is 0.362. The molecule has 0 N–H and O–H groups in total. The Balaban J connectivity index is 1.31. The molecule has 1 saturated heterocycles. The molecule has 2 aliphatic heterocycles. The van der Waals surface area contributed by atoms with Gasteiger partial charge in [-0.2, -0.15) is 0 Å². The van der Waals surface area contributed by atoms with Crippen molar-refractivity contribution in [2.75, 3.05) is 18.0 Å². The molecule has 2 heteroatoms. The topological polar surface area (TPSA) is 12.5 Å². The molecular weight excluding hydrogens is 595 g/mol. The summed E-state index contributed by atoms with van der Waals surface area (Å²) in [5, 5.41) is 2.52. The van der Waals surface area contributed by atoms with Gasteiger partial charge in [0.15, 0.2) is 5.60 Å². The van der Waals surface area contributed by atoms with Crippen LogP contribution in [0.25, 0.3) is 28.0 Å². The third kappa shape index (κ3) is 4.73. The van der Waals surface area contributed by atoms with Gasteiger partial charge in [0.25, 0.3) is 0 Å². The zero-order chi connectivity index (χ0) is 33.6. The molecule has 2 heterocycles. The molecule has 5 aromatic rings. The van der Waals surface area contributed by atoms with E-state index >= 15 is 0 Å². The number of hydrogen-bond donors (Lipinski definition) is 0. The second-order valence-electron chi connectivity index (χ2n) is 17.2. The Kier molecular flexibility index (Phi) is 6.81. The number of benzene rings is 5. The Labute approximate surface area is 292 Å². The summed E-state index contributed by atoms with van der Waals surface area (Å²) in [6, 6.07) is 36.5. The Bertz CT molecular complexity index is 2100. The van der Waals surface area contributed by atoms with E-state index in [1.807, 2.05) is 0 Å². The molecule has 248 valence electrons. The van der Waals surface area contributed by atoms with E-state index in [0.717, 1.165) is 37.2 Å². The quantitative estimate of drug-likeness (QED) is 0.194. The van der Waals surface area contributed by atoms with Gasteiger partial charge in [-0.3, -0.25) is 0 Å². The van der Waals surface area contributed by atoms with Crippen LogP contribution in [0, 0.1) is 17.8 Å². The third-order valence-corrected chi connectivity index (χ3v) is 12.1. The lowest BCUT2D eigenvalue weighted by molar-refractivity contribution is 0.0642. The summed E-state index contributed by atoms with van der Waals surface area (Å²) in [4.78, 5) is 2.54. The second kappa shape index (κ2) is 10.8. The molecule has 1 saturated carbocycles. The Morgan fingerprint density at radius 2 is 1.33 bits per heavy atom. The molecule has 4 aliphatic rings. The third-order valence-electron chi connectivity index (χ3n) is 12.1. The maximum absolute atomic E-state index is 7.69. The van der Waals surface area contributed by atoms with Crippen LogP contribution in [0.2, 0.25) is 0 Å². The SMILES string of the molecule is Cc1ccc2c3c(c4c(c2c1)-c1ccccc1C41CC(C)(C)CC(C)(C)C1)C=CC(c1ccccc1)(c1ccc(N2CCCCC2)cc1)O3. The highest BCUT2D eigenvalue weighted by atomic mass is 16.5. The van der Waals surface area contributed by atoms with Gasteiger partial charge in [-0.25, -0.2) is 0 Å². The number of rotatable bonds is 3. The van der Waals surface area contributed by atoms with E-state index in [-0.39, 0.29) is 16.2 Å².